The Morgan fingerprint density at radius 2 is 1.68 bits per heavy atom. The number of aliphatic hydroxyl groups is 1. The number of carbonyl (C=O) groups excluding carboxylic acids is 2. The largest absolute Gasteiger partial charge is 0.513 e. The van der Waals surface area contributed by atoms with Crippen molar-refractivity contribution in [3.8, 4) is 0 Å². The van der Waals surface area contributed by atoms with Crippen LogP contribution in [0.1, 0.15) is 66.7 Å². The standard InChI is InChI=1S/C22H30O3/c1-19(2)9-13(23)8-16-15(19)6-7-17-21(4)11-14(24)10-20(21,3)12-18(25)22(16,17)5/h6,8,16-17,23H,7,9-12H2,1-5H3/t16-,17-,20-,21-,22-/m0/s1. The minimum atomic E-state index is -0.519. The van der Waals surface area contributed by atoms with Gasteiger partial charge in [-0.25, -0.2) is 0 Å². The van der Waals surface area contributed by atoms with Gasteiger partial charge in [0.2, 0.25) is 0 Å². The van der Waals surface area contributed by atoms with Crippen LogP contribution in [0.4, 0.5) is 0 Å². The first-order valence-corrected chi connectivity index (χ1v) is 9.59. The average Bonchev–Trinajstić information content (AvgIpc) is 2.68. The normalized spacial score (nSPS) is 48.2. The molecular formula is C22H30O3. The summed E-state index contributed by atoms with van der Waals surface area (Å²) in [6.45, 7) is 10.8. The topological polar surface area (TPSA) is 54.4 Å². The van der Waals surface area contributed by atoms with E-state index in [0.717, 1.165) is 6.42 Å². The second kappa shape index (κ2) is 4.66. The molecule has 0 aromatic carbocycles. The molecule has 0 bridgehead atoms. The van der Waals surface area contributed by atoms with E-state index in [2.05, 4.69) is 40.7 Å². The van der Waals surface area contributed by atoms with Crippen LogP contribution >= 0.6 is 0 Å². The summed E-state index contributed by atoms with van der Waals surface area (Å²) >= 11 is 0. The Morgan fingerprint density at radius 3 is 2.36 bits per heavy atom. The highest BCUT2D eigenvalue weighted by Gasteiger charge is 2.68. The molecule has 4 rings (SSSR count). The molecule has 0 aromatic rings. The van der Waals surface area contributed by atoms with Crippen molar-refractivity contribution in [2.45, 2.75) is 66.7 Å². The maximum atomic E-state index is 13.5. The molecule has 1 N–H and O–H groups in total. The second-order valence-corrected chi connectivity index (χ2v) is 10.4. The second-order valence-electron chi connectivity index (χ2n) is 10.4. The molecule has 0 amide bonds. The minimum Gasteiger partial charge on any atom is -0.513 e. The molecule has 0 aromatic heterocycles. The molecule has 4 aliphatic rings. The third-order valence-corrected chi connectivity index (χ3v) is 8.49. The Hall–Kier alpha value is -1.38. The Labute approximate surface area is 150 Å². The first kappa shape index (κ1) is 17.1. The molecule has 0 aliphatic heterocycles. The van der Waals surface area contributed by atoms with E-state index in [1.54, 1.807) is 0 Å². The van der Waals surface area contributed by atoms with E-state index >= 15 is 0 Å². The molecule has 4 aliphatic carbocycles. The number of allylic oxidation sites excluding steroid dienone is 4. The van der Waals surface area contributed by atoms with Gasteiger partial charge in [-0.2, -0.15) is 0 Å². The lowest BCUT2D eigenvalue weighted by atomic mass is 9.40. The number of carbonyl (C=O) groups is 2. The van der Waals surface area contributed by atoms with E-state index in [-0.39, 0.29) is 33.9 Å². The Morgan fingerprint density at radius 1 is 1.00 bits per heavy atom. The lowest BCUT2D eigenvalue weighted by Crippen LogP contribution is -2.60. The van der Waals surface area contributed by atoms with Crippen molar-refractivity contribution in [3.63, 3.8) is 0 Å². The molecule has 3 nitrogen and oxygen atoms in total. The molecule has 3 heteroatoms. The zero-order valence-corrected chi connectivity index (χ0v) is 16.1. The fourth-order valence-electron chi connectivity index (χ4n) is 6.89. The van der Waals surface area contributed by atoms with Crippen LogP contribution in [0.15, 0.2) is 23.5 Å². The monoisotopic (exact) mass is 342 g/mol. The zero-order valence-electron chi connectivity index (χ0n) is 16.1. The molecule has 0 radical (unpaired) electrons. The van der Waals surface area contributed by atoms with Gasteiger partial charge in [-0.05, 0) is 34.7 Å². The van der Waals surface area contributed by atoms with Gasteiger partial charge in [-0.3, -0.25) is 9.59 Å². The molecule has 5 atom stereocenters. The summed E-state index contributed by atoms with van der Waals surface area (Å²) in [6, 6.07) is 0. The number of aliphatic hydroxyl groups excluding tert-OH is 1. The molecule has 136 valence electrons. The SMILES string of the molecule is CC1(C)CC(O)=C[C@H]2C1=CC[C@@H]1[C@@]2(C)C(=O)C[C@]2(C)CC(=O)C[C@@]12C. The molecule has 0 heterocycles. The first-order valence-electron chi connectivity index (χ1n) is 9.59. The minimum absolute atomic E-state index is 0.0421. The number of hydrogen-bond acceptors (Lipinski definition) is 3. The fraction of sp³-hybridized carbons (Fsp3) is 0.727. The average molecular weight is 342 g/mol. The van der Waals surface area contributed by atoms with Gasteiger partial charge < -0.3 is 5.11 Å². The van der Waals surface area contributed by atoms with E-state index < -0.39 is 5.41 Å². The van der Waals surface area contributed by atoms with E-state index in [9.17, 15) is 14.7 Å². The van der Waals surface area contributed by atoms with Crippen LogP contribution in [0.3, 0.4) is 0 Å². The third kappa shape index (κ3) is 1.93. The summed E-state index contributed by atoms with van der Waals surface area (Å²) in [4.78, 5) is 25.8. The molecular weight excluding hydrogens is 312 g/mol. The van der Waals surface area contributed by atoms with Gasteiger partial charge in [0.15, 0.2) is 0 Å². The van der Waals surface area contributed by atoms with Gasteiger partial charge in [-0.1, -0.05) is 46.3 Å². The first-order chi connectivity index (χ1) is 11.4. The van der Waals surface area contributed by atoms with Gasteiger partial charge in [0.05, 0.1) is 5.76 Å². The van der Waals surface area contributed by atoms with Crippen molar-refractivity contribution in [2.24, 2.45) is 33.5 Å². The van der Waals surface area contributed by atoms with Crippen molar-refractivity contribution in [2.75, 3.05) is 0 Å². The van der Waals surface area contributed by atoms with Crippen molar-refractivity contribution >= 4 is 11.6 Å². The quantitative estimate of drug-likeness (QED) is 0.645. The van der Waals surface area contributed by atoms with Gasteiger partial charge in [-0.15, -0.1) is 0 Å². The van der Waals surface area contributed by atoms with Crippen LogP contribution in [0.5, 0.6) is 0 Å². The summed E-state index contributed by atoms with van der Waals surface area (Å²) < 4.78 is 0. The third-order valence-electron chi connectivity index (χ3n) is 8.49. The van der Waals surface area contributed by atoms with Crippen molar-refractivity contribution in [1.82, 2.24) is 0 Å². The van der Waals surface area contributed by atoms with E-state index in [1.807, 2.05) is 6.08 Å². The predicted octanol–water partition coefficient (Wildman–Crippen LogP) is 4.78. The van der Waals surface area contributed by atoms with Crippen molar-refractivity contribution in [3.05, 3.63) is 23.5 Å². The Bertz CT molecular complexity index is 742. The smallest absolute Gasteiger partial charge is 0.140 e. The van der Waals surface area contributed by atoms with Gasteiger partial charge in [0, 0.05) is 37.0 Å². The highest BCUT2D eigenvalue weighted by molar-refractivity contribution is 5.92. The van der Waals surface area contributed by atoms with Crippen molar-refractivity contribution in [1.29, 1.82) is 0 Å². The van der Waals surface area contributed by atoms with E-state index in [1.165, 1.54) is 5.57 Å². The molecule has 0 unspecified atom stereocenters. The number of rotatable bonds is 0. The summed E-state index contributed by atoms with van der Waals surface area (Å²) in [6.07, 6.45) is 7.38. The van der Waals surface area contributed by atoms with Crippen LogP contribution in [0, 0.1) is 33.5 Å². The summed E-state index contributed by atoms with van der Waals surface area (Å²) in [5, 5.41) is 10.4. The highest BCUT2D eigenvalue weighted by atomic mass is 16.3. The number of Topliss-reactive ketones (excluding diaryl/α,β-unsaturated/α-hetero) is 2. The van der Waals surface area contributed by atoms with Crippen LogP contribution in [0.25, 0.3) is 0 Å². The number of ketones is 2. The van der Waals surface area contributed by atoms with Gasteiger partial charge in [0.25, 0.3) is 0 Å². The zero-order chi connectivity index (χ0) is 18.4. The Kier molecular flexibility index (Phi) is 3.18. The van der Waals surface area contributed by atoms with Crippen LogP contribution in [0.2, 0.25) is 0 Å². The van der Waals surface area contributed by atoms with Crippen molar-refractivity contribution < 1.29 is 14.7 Å². The van der Waals surface area contributed by atoms with Gasteiger partial charge >= 0.3 is 0 Å². The van der Waals surface area contributed by atoms with Crippen LogP contribution in [-0.4, -0.2) is 16.7 Å². The lowest BCUT2D eigenvalue weighted by molar-refractivity contribution is -0.160. The van der Waals surface area contributed by atoms with E-state index in [4.69, 9.17) is 0 Å². The Balaban J connectivity index is 1.90. The summed E-state index contributed by atoms with van der Waals surface area (Å²) in [5.41, 5.74) is 0.306. The summed E-state index contributed by atoms with van der Waals surface area (Å²) in [7, 11) is 0. The molecule has 0 saturated heterocycles. The fourth-order valence-corrected chi connectivity index (χ4v) is 6.89. The van der Waals surface area contributed by atoms with Crippen LogP contribution < -0.4 is 0 Å². The highest BCUT2D eigenvalue weighted by Crippen LogP contribution is 2.70. The van der Waals surface area contributed by atoms with Crippen LogP contribution in [-0.2, 0) is 9.59 Å². The number of hydrogen-bond donors (Lipinski definition) is 1. The van der Waals surface area contributed by atoms with Gasteiger partial charge in [0.1, 0.15) is 11.6 Å². The predicted molar refractivity (Wildman–Crippen MR) is 97.0 cm³/mol. The lowest BCUT2D eigenvalue weighted by Gasteiger charge is -2.62. The molecule has 2 fully saturated rings. The molecule has 25 heavy (non-hydrogen) atoms. The molecule has 0 spiro atoms. The summed E-state index contributed by atoms with van der Waals surface area (Å²) in [5.74, 6) is 1.11. The number of fused-ring (bicyclic) bond motifs is 5. The van der Waals surface area contributed by atoms with E-state index in [0.29, 0.717) is 37.2 Å². The maximum absolute atomic E-state index is 13.5. The molecule has 2 saturated carbocycles. The maximum Gasteiger partial charge on any atom is 0.140 e.